The van der Waals surface area contributed by atoms with Crippen LogP contribution in [-0.4, -0.2) is 34.9 Å². The van der Waals surface area contributed by atoms with E-state index in [9.17, 15) is 4.79 Å². The summed E-state index contributed by atoms with van der Waals surface area (Å²) >= 11 is 0. The van der Waals surface area contributed by atoms with Gasteiger partial charge in [-0.15, -0.1) is 0 Å². The minimum atomic E-state index is -0.902. The zero-order valence-corrected chi connectivity index (χ0v) is 8.59. The van der Waals surface area contributed by atoms with Gasteiger partial charge >= 0.3 is 5.97 Å². The number of ether oxygens (including phenoxy) is 1. The van der Waals surface area contributed by atoms with E-state index in [4.69, 9.17) is 14.9 Å². The highest BCUT2D eigenvalue weighted by Gasteiger charge is 2.34. The molecule has 0 amide bonds. The van der Waals surface area contributed by atoms with Crippen LogP contribution < -0.4 is 10.1 Å². The number of carbonyl (C=O) groups is 1. The molecule has 1 heterocycles. The van der Waals surface area contributed by atoms with Crippen LogP contribution in [0.4, 0.5) is 0 Å². The van der Waals surface area contributed by atoms with Crippen LogP contribution in [-0.2, 0) is 4.79 Å². The van der Waals surface area contributed by atoms with Gasteiger partial charge in [0.1, 0.15) is 23.6 Å². The quantitative estimate of drug-likeness (QED) is 0.698. The van der Waals surface area contributed by atoms with Crippen LogP contribution in [0.1, 0.15) is 6.42 Å². The molecule has 0 aromatic heterocycles. The molecule has 2 rings (SSSR count). The fraction of sp³-hybridized carbons (Fsp3) is 0.364. The number of rotatable bonds is 3. The van der Waals surface area contributed by atoms with E-state index in [1.54, 1.807) is 12.1 Å². The van der Waals surface area contributed by atoms with Crippen LogP contribution in [0.25, 0.3) is 0 Å². The lowest BCUT2D eigenvalue weighted by atomic mass is 10.2. The normalized spacial score (nSPS) is 24.2. The summed E-state index contributed by atoms with van der Waals surface area (Å²) in [6, 6.07) is 5.59. The van der Waals surface area contributed by atoms with Crippen molar-refractivity contribution in [2.45, 2.75) is 18.6 Å². The van der Waals surface area contributed by atoms with Crippen molar-refractivity contribution in [1.82, 2.24) is 5.32 Å². The predicted molar refractivity (Wildman–Crippen MR) is 56.6 cm³/mol. The van der Waals surface area contributed by atoms with Gasteiger partial charge in [0.15, 0.2) is 0 Å². The third-order valence-corrected chi connectivity index (χ3v) is 2.56. The van der Waals surface area contributed by atoms with E-state index in [0.717, 1.165) is 0 Å². The van der Waals surface area contributed by atoms with Crippen molar-refractivity contribution in [3.8, 4) is 11.5 Å². The molecule has 0 aliphatic carbocycles. The van der Waals surface area contributed by atoms with Crippen LogP contribution in [0.3, 0.4) is 0 Å². The van der Waals surface area contributed by atoms with Gasteiger partial charge in [-0.25, -0.2) is 0 Å². The third kappa shape index (κ3) is 2.25. The second-order valence-electron chi connectivity index (χ2n) is 3.71. The zero-order chi connectivity index (χ0) is 11.5. The Kier molecular flexibility index (Phi) is 2.96. The number of carboxylic acid groups (broad SMARTS) is 1. The number of benzene rings is 1. The summed E-state index contributed by atoms with van der Waals surface area (Å²) in [7, 11) is 0. The standard InChI is InChI=1S/C11H13NO4/c13-7-1-3-8(4-2-7)16-9-5-6-12-10(9)11(14)15/h1-4,9-10,12-13H,5-6H2,(H,14,15)/t9?,10-/m0/s1. The fourth-order valence-corrected chi connectivity index (χ4v) is 1.75. The SMILES string of the molecule is O=C(O)[C@H]1NCCC1Oc1ccc(O)cc1. The Morgan fingerprint density at radius 1 is 1.38 bits per heavy atom. The van der Waals surface area contributed by atoms with Crippen molar-refractivity contribution >= 4 is 5.97 Å². The van der Waals surface area contributed by atoms with Crippen molar-refractivity contribution in [1.29, 1.82) is 0 Å². The molecule has 1 saturated heterocycles. The number of phenols is 1. The number of aliphatic carboxylic acids is 1. The first kappa shape index (κ1) is 10.8. The van der Waals surface area contributed by atoms with Crippen molar-refractivity contribution in [2.75, 3.05) is 6.54 Å². The summed E-state index contributed by atoms with van der Waals surface area (Å²) in [6.07, 6.45) is 0.305. The van der Waals surface area contributed by atoms with E-state index in [1.165, 1.54) is 12.1 Å². The molecule has 5 nitrogen and oxygen atoms in total. The van der Waals surface area contributed by atoms with E-state index in [1.807, 2.05) is 0 Å². The average molecular weight is 223 g/mol. The Morgan fingerprint density at radius 3 is 2.69 bits per heavy atom. The summed E-state index contributed by atoms with van der Waals surface area (Å²) in [6.45, 7) is 0.639. The molecule has 0 spiro atoms. The molecule has 2 atom stereocenters. The second kappa shape index (κ2) is 4.40. The van der Waals surface area contributed by atoms with Crippen LogP contribution in [0.15, 0.2) is 24.3 Å². The molecular weight excluding hydrogens is 210 g/mol. The van der Waals surface area contributed by atoms with Gasteiger partial charge in [0.25, 0.3) is 0 Å². The van der Waals surface area contributed by atoms with Gasteiger partial charge in [0.05, 0.1) is 0 Å². The maximum Gasteiger partial charge on any atom is 0.324 e. The molecule has 1 aliphatic rings. The highest BCUT2D eigenvalue weighted by atomic mass is 16.5. The predicted octanol–water partition coefficient (Wildman–Crippen LogP) is 0.586. The first-order valence-corrected chi connectivity index (χ1v) is 5.09. The molecule has 86 valence electrons. The lowest BCUT2D eigenvalue weighted by Crippen LogP contribution is -2.41. The first-order chi connectivity index (χ1) is 7.66. The van der Waals surface area contributed by atoms with Gasteiger partial charge < -0.3 is 20.3 Å². The van der Waals surface area contributed by atoms with Gasteiger partial charge in [-0.1, -0.05) is 0 Å². The molecule has 3 N–H and O–H groups in total. The number of hydrogen-bond acceptors (Lipinski definition) is 4. The first-order valence-electron chi connectivity index (χ1n) is 5.09. The zero-order valence-electron chi connectivity index (χ0n) is 8.59. The van der Waals surface area contributed by atoms with Crippen LogP contribution in [0.2, 0.25) is 0 Å². The maximum atomic E-state index is 10.9. The molecule has 0 bridgehead atoms. The van der Waals surface area contributed by atoms with Crippen molar-refractivity contribution in [3.05, 3.63) is 24.3 Å². The average Bonchev–Trinajstić information content (AvgIpc) is 2.69. The van der Waals surface area contributed by atoms with E-state index in [-0.39, 0.29) is 11.9 Å². The smallest absolute Gasteiger partial charge is 0.324 e. The Balaban J connectivity index is 2.03. The lowest BCUT2D eigenvalue weighted by molar-refractivity contribution is -0.140. The van der Waals surface area contributed by atoms with E-state index in [2.05, 4.69) is 5.32 Å². The number of phenolic OH excluding ortho intramolecular Hbond substituents is 1. The number of carboxylic acids is 1. The summed E-state index contributed by atoms with van der Waals surface area (Å²) in [5, 5.41) is 20.9. The van der Waals surface area contributed by atoms with Crippen molar-refractivity contribution in [3.63, 3.8) is 0 Å². The van der Waals surface area contributed by atoms with E-state index >= 15 is 0 Å². The molecule has 5 heteroatoms. The highest BCUT2D eigenvalue weighted by molar-refractivity contribution is 5.74. The Bertz CT molecular complexity index is 376. The molecular formula is C11H13NO4. The highest BCUT2D eigenvalue weighted by Crippen LogP contribution is 2.20. The number of hydrogen-bond donors (Lipinski definition) is 3. The number of nitrogens with one attached hydrogen (secondary N) is 1. The Morgan fingerprint density at radius 2 is 2.06 bits per heavy atom. The topological polar surface area (TPSA) is 78.8 Å². The molecule has 0 saturated carbocycles. The summed E-state index contributed by atoms with van der Waals surface area (Å²) in [5.74, 6) is -0.175. The van der Waals surface area contributed by atoms with Gasteiger partial charge in [0, 0.05) is 0 Å². The molecule has 1 unspecified atom stereocenters. The second-order valence-corrected chi connectivity index (χ2v) is 3.71. The van der Waals surface area contributed by atoms with Gasteiger partial charge in [-0.3, -0.25) is 4.79 Å². The minimum Gasteiger partial charge on any atom is -0.508 e. The van der Waals surface area contributed by atoms with Crippen molar-refractivity contribution < 1.29 is 19.7 Å². The Hall–Kier alpha value is -1.75. The largest absolute Gasteiger partial charge is 0.508 e. The van der Waals surface area contributed by atoms with Crippen LogP contribution >= 0.6 is 0 Å². The van der Waals surface area contributed by atoms with Crippen LogP contribution in [0.5, 0.6) is 11.5 Å². The molecule has 1 fully saturated rings. The number of aromatic hydroxyl groups is 1. The fourth-order valence-electron chi connectivity index (χ4n) is 1.75. The monoisotopic (exact) mass is 223 g/mol. The molecule has 1 aromatic rings. The summed E-state index contributed by atoms with van der Waals surface area (Å²) < 4.78 is 5.55. The maximum absolute atomic E-state index is 10.9. The lowest BCUT2D eigenvalue weighted by Gasteiger charge is -2.17. The van der Waals surface area contributed by atoms with Crippen LogP contribution in [0, 0.1) is 0 Å². The van der Waals surface area contributed by atoms with Gasteiger partial charge in [-0.2, -0.15) is 0 Å². The van der Waals surface area contributed by atoms with Crippen molar-refractivity contribution in [2.24, 2.45) is 0 Å². The Labute approximate surface area is 92.7 Å². The summed E-state index contributed by atoms with van der Waals surface area (Å²) in [5.41, 5.74) is 0. The molecule has 1 aromatic carbocycles. The minimum absolute atomic E-state index is 0.159. The van der Waals surface area contributed by atoms with Gasteiger partial charge in [0.2, 0.25) is 0 Å². The molecule has 0 radical (unpaired) electrons. The van der Waals surface area contributed by atoms with E-state index in [0.29, 0.717) is 18.7 Å². The van der Waals surface area contributed by atoms with Gasteiger partial charge in [-0.05, 0) is 37.2 Å². The molecule has 16 heavy (non-hydrogen) atoms. The van der Waals surface area contributed by atoms with E-state index < -0.39 is 12.0 Å². The third-order valence-electron chi connectivity index (χ3n) is 2.56. The summed E-state index contributed by atoms with van der Waals surface area (Å²) in [4.78, 5) is 10.9. The molecule has 1 aliphatic heterocycles.